The standard InChI is InChI=1S/C17H30N4O4/c1-13-10-21(16(24)25-17(2,3)4)9-8-19(13)12-15(23)20-7-6-18(5)14(22)11-20/h13H,6-12H2,1-5H3. The van der Waals surface area contributed by atoms with Gasteiger partial charge < -0.3 is 19.4 Å². The summed E-state index contributed by atoms with van der Waals surface area (Å²) in [5.74, 6) is -0.0542. The van der Waals surface area contributed by atoms with Crippen LogP contribution in [0, 0.1) is 0 Å². The average Bonchev–Trinajstić information content (AvgIpc) is 2.50. The quantitative estimate of drug-likeness (QED) is 0.710. The summed E-state index contributed by atoms with van der Waals surface area (Å²) < 4.78 is 5.41. The molecule has 0 aromatic carbocycles. The number of carbonyl (C=O) groups excluding carboxylic acids is 3. The smallest absolute Gasteiger partial charge is 0.410 e. The van der Waals surface area contributed by atoms with Crippen molar-refractivity contribution in [3.05, 3.63) is 0 Å². The molecule has 8 nitrogen and oxygen atoms in total. The Hall–Kier alpha value is -1.83. The number of piperazine rings is 2. The Morgan fingerprint density at radius 2 is 1.76 bits per heavy atom. The topological polar surface area (TPSA) is 73.4 Å². The molecule has 25 heavy (non-hydrogen) atoms. The predicted molar refractivity (Wildman–Crippen MR) is 93.1 cm³/mol. The molecule has 0 saturated carbocycles. The molecule has 0 radical (unpaired) electrons. The third-order valence-electron chi connectivity index (χ3n) is 4.57. The van der Waals surface area contributed by atoms with E-state index in [1.54, 1.807) is 21.7 Å². The third-order valence-corrected chi connectivity index (χ3v) is 4.57. The zero-order valence-corrected chi connectivity index (χ0v) is 15.9. The molecular weight excluding hydrogens is 324 g/mol. The molecule has 0 aromatic rings. The lowest BCUT2D eigenvalue weighted by atomic mass is 10.2. The molecule has 0 bridgehead atoms. The van der Waals surface area contributed by atoms with Gasteiger partial charge in [-0.15, -0.1) is 0 Å². The van der Waals surface area contributed by atoms with Gasteiger partial charge in [-0.3, -0.25) is 14.5 Å². The molecule has 3 amide bonds. The number of nitrogens with zero attached hydrogens (tertiary/aromatic N) is 4. The van der Waals surface area contributed by atoms with Crippen LogP contribution in [0.3, 0.4) is 0 Å². The van der Waals surface area contributed by atoms with E-state index in [9.17, 15) is 14.4 Å². The number of amides is 3. The van der Waals surface area contributed by atoms with Gasteiger partial charge in [0.2, 0.25) is 11.8 Å². The van der Waals surface area contributed by atoms with E-state index >= 15 is 0 Å². The maximum atomic E-state index is 12.5. The number of carbonyl (C=O) groups is 3. The molecule has 0 aliphatic carbocycles. The molecule has 2 heterocycles. The van der Waals surface area contributed by atoms with Crippen molar-refractivity contribution in [1.82, 2.24) is 19.6 Å². The number of hydrogen-bond donors (Lipinski definition) is 0. The first kappa shape index (κ1) is 19.5. The summed E-state index contributed by atoms with van der Waals surface area (Å²) >= 11 is 0. The van der Waals surface area contributed by atoms with Crippen molar-refractivity contribution in [2.45, 2.75) is 39.3 Å². The third kappa shape index (κ3) is 5.32. The minimum absolute atomic E-state index is 0.0256. The molecule has 2 aliphatic heterocycles. The molecular formula is C17H30N4O4. The average molecular weight is 354 g/mol. The number of likely N-dealkylation sites (N-methyl/N-ethyl adjacent to an activating group) is 1. The zero-order chi connectivity index (χ0) is 18.8. The van der Waals surface area contributed by atoms with Crippen molar-refractivity contribution in [2.24, 2.45) is 0 Å². The van der Waals surface area contributed by atoms with Crippen molar-refractivity contribution >= 4 is 17.9 Å². The van der Waals surface area contributed by atoms with Gasteiger partial charge in [0.15, 0.2) is 0 Å². The fourth-order valence-electron chi connectivity index (χ4n) is 2.97. The van der Waals surface area contributed by atoms with Crippen molar-refractivity contribution in [3.63, 3.8) is 0 Å². The maximum Gasteiger partial charge on any atom is 0.410 e. The van der Waals surface area contributed by atoms with Gasteiger partial charge in [0, 0.05) is 45.8 Å². The molecule has 8 heteroatoms. The van der Waals surface area contributed by atoms with Gasteiger partial charge in [-0.2, -0.15) is 0 Å². The van der Waals surface area contributed by atoms with Gasteiger partial charge >= 0.3 is 6.09 Å². The Kier molecular flexibility index (Phi) is 5.92. The van der Waals surface area contributed by atoms with Crippen molar-refractivity contribution < 1.29 is 19.1 Å². The van der Waals surface area contributed by atoms with E-state index in [4.69, 9.17) is 4.74 Å². The van der Waals surface area contributed by atoms with Crippen molar-refractivity contribution in [1.29, 1.82) is 0 Å². The summed E-state index contributed by atoms with van der Waals surface area (Å²) in [6.45, 7) is 10.8. The zero-order valence-electron chi connectivity index (χ0n) is 15.9. The maximum absolute atomic E-state index is 12.5. The fourth-order valence-corrected chi connectivity index (χ4v) is 2.97. The first-order valence-corrected chi connectivity index (χ1v) is 8.80. The highest BCUT2D eigenvalue weighted by Crippen LogP contribution is 2.15. The first-order valence-electron chi connectivity index (χ1n) is 8.80. The van der Waals surface area contributed by atoms with Crippen LogP contribution in [0.5, 0.6) is 0 Å². The van der Waals surface area contributed by atoms with Crippen LogP contribution in [0.25, 0.3) is 0 Å². The van der Waals surface area contributed by atoms with Gasteiger partial charge in [0.05, 0.1) is 13.1 Å². The summed E-state index contributed by atoms with van der Waals surface area (Å²) in [5, 5.41) is 0. The molecule has 2 fully saturated rings. The first-order chi connectivity index (χ1) is 11.6. The lowest BCUT2D eigenvalue weighted by Gasteiger charge is -2.41. The highest BCUT2D eigenvalue weighted by atomic mass is 16.6. The molecule has 2 saturated heterocycles. The van der Waals surface area contributed by atoms with E-state index in [1.807, 2.05) is 27.7 Å². The van der Waals surface area contributed by atoms with Crippen molar-refractivity contribution in [2.75, 3.05) is 52.9 Å². The molecule has 2 rings (SSSR count). The second kappa shape index (κ2) is 7.59. The number of ether oxygens (including phenoxy) is 1. The highest BCUT2D eigenvalue weighted by molar-refractivity contribution is 5.86. The van der Waals surface area contributed by atoms with E-state index in [1.165, 1.54) is 0 Å². The summed E-state index contributed by atoms with van der Waals surface area (Å²) in [5.41, 5.74) is -0.513. The van der Waals surface area contributed by atoms with E-state index in [-0.39, 0.29) is 37.0 Å². The van der Waals surface area contributed by atoms with Crippen LogP contribution < -0.4 is 0 Å². The lowest BCUT2D eigenvalue weighted by Crippen LogP contribution is -2.58. The molecule has 0 spiro atoms. The number of hydrogen-bond acceptors (Lipinski definition) is 5. The molecule has 0 aromatic heterocycles. The van der Waals surface area contributed by atoms with E-state index in [2.05, 4.69) is 4.90 Å². The van der Waals surface area contributed by atoms with Crippen LogP contribution in [0.1, 0.15) is 27.7 Å². The Bertz CT molecular complexity index is 531. The Labute approximate surface area is 149 Å². The van der Waals surface area contributed by atoms with E-state index in [0.717, 1.165) is 0 Å². The summed E-state index contributed by atoms with van der Waals surface area (Å²) in [6, 6.07) is 0.0633. The van der Waals surface area contributed by atoms with Crippen LogP contribution in [-0.4, -0.2) is 102 Å². The summed E-state index contributed by atoms with van der Waals surface area (Å²) in [4.78, 5) is 43.4. The van der Waals surface area contributed by atoms with Crippen LogP contribution in [0.4, 0.5) is 4.79 Å². The summed E-state index contributed by atoms with van der Waals surface area (Å²) in [6.07, 6.45) is -0.310. The van der Waals surface area contributed by atoms with E-state index < -0.39 is 5.60 Å². The Morgan fingerprint density at radius 3 is 2.32 bits per heavy atom. The number of rotatable bonds is 2. The molecule has 2 aliphatic rings. The SMILES string of the molecule is CC1CN(C(=O)OC(C)(C)C)CCN1CC(=O)N1CCN(C)C(=O)C1. The van der Waals surface area contributed by atoms with Gasteiger partial charge in [0.25, 0.3) is 0 Å². The fraction of sp³-hybridized carbons (Fsp3) is 0.824. The Morgan fingerprint density at radius 1 is 1.12 bits per heavy atom. The van der Waals surface area contributed by atoms with Gasteiger partial charge in [0.1, 0.15) is 5.60 Å². The molecule has 1 atom stereocenters. The lowest BCUT2D eigenvalue weighted by molar-refractivity contribution is -0.145. The minimum Gasteiger partial charge on any atom is -0.444 e. The van der Waals surface area contributed by atoms with Crippen LogP contribution in [-0.2, 0) is 14.3 Å². The van der Waals surface area contributed by atoms with Gasteiger partial charge in [-0.05, 0) is 27.7 Å². The Balaban J connectivity index is 1.84. The normalized spacial score (nSPS) is 23.0. The summed E-state index contributed by atoms with van der Waals surface area (Å²) in [7, 11) is 1.75. The van der Waals surface area contributed by atoms with Gasteiger partial charge in [-0.1, -0.05) is 0 Å². The van der Waals surface area contributed by atoms with Crippen LogP contribution in [0.2, 0.25) is 0 Å². The van der Waals surface area contributed by atoms with Crippen LogP contribution in [0.15, 0.2) is 0 Å². The van der Waals surface area contributed by atoms with Crippen molar-refractivity contribution in [3.8, 4) is 0 Å². The second-order valence-electron chi connectivity index (χ2n) is 7.88. The monoisotopic (exact) mass is 354 g/mol. The minimum atomic E-state index is -0.513. The largest absolute Gasteiger partial charge is 0.444 e. The second-order valence-corrected chi connectivity index (χ2v) is 7.88. The molecule has 142 valence electrons. The van der Waals surface area contributed by atoms with Crippen LogP contribution >= 0.6 is 0 Å². The molecule has 1 unspecified atom stereocenters. The van der Waals surface area contributed by atoms with E-state index in [0.29, 0.717) is 32.7 Å². The highest BCUT2D eigenvalue weighted by Gasteiger charge is 2.32. The van der Waals surface area contributed by atoms with Gasteiger partial charge in [-0.25, -0.2) is 4.79 Å². The molecule has 0 N–H and O–H groups in total. The predicted octanol–water partition coefficient (Wildman–Crippen LogP) is 0.228.